The quantitative estimate of drug-likeness (QED) is 0.630. The van der Waals surface area contributed by atoms with Crippen molar-refractivity contribution >= 4 is 23.6 Å². The number of nitrogens with zero attached hydrogens (tertiary/aromatic N) is 1. The zero-order chi connectivity index (χ0) is 17.3. The minimum absolute atomic E-state index is 0.0617. The molecule has 7 heteroatoms. The summed E-state index contributed by atoms with van der Waals surface area (Å²) in [5.74, 6) is -1.33. The monoisotopic (exact) mass is 348 g/mol. The van der Waals surface area contributed by atoms with Crippen molar-refractivity contribution < 1.29 is 19.8 Å². The molecule has 3 unspecified atom stereocenters. The van der Waals surface area contributed by atoms with Gasteiger partial charge in [0.05, 0.1) is 18.1 Å². The van der Waals surface area contributed by atoms with Gasteiger partial charge in [-0.1, -0.05) is 30.3 Å². The molecule has 1 amide bonds. The number of carboxylic acid groups (broad SMARTS) is 1. The number of carboxylic acids is 1. The van der Waals surface area contributed by atoms with Crippen molar-refractivity contribution in [2.45, 2.75) is 25.0 Å². The average molecular weight is 348 g/mol. The van der Waals surface area contributed by atoms with Gasteiger partial charge in [0.25, 0.3) is 0 Å². The maximum Gasteiger partial charge on any atom is 0.353 e. The highest BCUT2D eigenvalue weighted by Crippen LogP contribution is 2.47. The largest absolute Gasteiger partial charge is 0.477 e. The Labute approximate surface area is 144 Å². The van der Waals surface area contributed by atoms with E-state index in [0.717, 1.165) is 5.56 Å². The van der Waals surface area contributed by atoms with Gasteiger partial charge in [0.15, 0.2) is 0 Å². The van der Waals surface area contributed by atoms with Crippen molar-refractivity contribution in [2.75, 3.05) is 12.3 Å². The van der Waals surface area contributed by atoms with E-state index in [1.807, 2.05) is 30.3 Å². The number of aliphatic hydroxyl groups is 1. The van der Waals surface area contributed by atoms with Crippen molar-refractivity contribution in [1.29, 1.82) is 0 Å². The van der Waals surface area contributed by atoms with E-state index < -0.39 is 18.0 Å². The topological polar surface area (TPSA) is 104 Å². The van der Waals surface area contributed by atoms with Gasteiger partial charge in [-0.05, 0) is 12.0 Å². The number of amides is 1. The molecule has 1 aromatic rings. The number of aliphatic hydroxyl groups excluding tert-OH is 1. The molecule has 2 heterocycles. The molecule has 0 bridgehead atoms. The van der Waals surface area contributed by atoms with Crippen LogP contribution in [-0.2, 0) is 16.0 Å². The van der Waals surface area contributed by atoms with Crippen LogP contribution in [0.2, 0.25) is 0 Å². The Bertz CT molecular complexity index is 676. The molecule has 0 aliphatic carbocycles. The normalized spacial score (nSPS) is 23.9. The first-order valence-electron chi connectivity index (χ1n) is 7.89. The molecule has 0 spiro atoms. The first-order valence-corrected chi connectivity index (χ1v) is 8.87. The summed E-state index contributed by atoms with van der Waals surface area (Å²) >= 11 is 1.39. The van der Waals surface area contributed by atoms with Gasteiger partial charge in [-0.25, -0.2) is 4.79 Å². The molecule has 3 rings (SSSR count). The minimum atomic E-state index is -1.10. The Balaban J connectivity index is 1.73. The van der Waals surface area contributed by atoms with Crippen LogP contribution in [0.5, 0.6) is 0 Å². The third-order valence-corrected chi connectivity index (χ3v) is 5.62. The number of nitrogens with two attached hydrogens (primary N) is 1. The van der Waals surface area contributed by atoms with Gasteiger partial charge >= 0.3 is 5.97 Å². The van der Waals surface area contributed by atoms with E-state index in [1.165, 1.54) is 16.7 Å². The summed E-state index contributed by atoms with van der Waals surface area (Å²) in [4.78, 5) is 26.0. The Kier molecular flexibility index (Phi) is 4.93. The van der Waals surface area contributed by atoms with Crippen molar-refractivity contribution in [3.63, 3.8) is 0 Å². The highest BCUT2D eigenvalue weighted by molar-refractivity contribution is 8.03. The molecule has 1 fully saturated rings. The SMILES string of the molecule is NCCSC1=C(C(=O)O)N2C(=O)C(C(O)Cc3ccccc3)C2C1. The predicted octanol–water partition coefficient (Wildman–Crippen LogP) is 0.809. The van der Waals surface area contributed by atoms with Crippen LogP contribution in [0.3, 0.4) is 0 Å². The van der Waals surface area contributed by atoms with Crippen LogP contribution in [0, 0.1) is 5.92 Å². The molecule has 0 aromatic heterocycles. The second-order valence-electron chi connectivity index (χ2n) is 5.98. The average Bonchev–Trinajstić information content (AvgIpc) is 2.88. The first kappa shape index (κ1) is 17.0. The minimum Gasteiger partial charge on any atom is -0.477 e. The lowest BCUT2D eigenvalue weighted by Crippen LogP contribution is -2.62. The number of thioether (sulfide) groups is 1. The number of rotatable bonds is 7. The van der Waals surface area contributed by atoms with Crippen molar-refractivity contribution in [1.82, 2.24) is 4.90 Å². The lowest BCUT2D eigenvalue weighted by molar-refractivity contribution is -0.161. The lowest BCUT2D eigenvalue weighted by Gasteiger charge is -2.45. The van der Waals surface area contributed by atoms with Crippen LogP contribution < -0.4 is 5.73 Å². The number of aliphatic carboxylic acids is 1. The maximum absolute atomic E-state index is 12.4. The Morgan fingerprint density at radius 3 is 2.71 bits per heavy atom. The molecule has 2 aliphatic rings. The number of benzene rings is 1. The van der Waals surface area contributed by atoms with E-state index in [-0.39, 0.29) is 17.6 Å². The summed E-state index contributed by atoms with van der Waals surface area (Å²) in [6.45, 7) is 0.444. The number of carbonyl (C=O) groups is 2. The fraction of sp³-hybridized carbons (Fsp3) is 0.412. The number of hydrogen-bond acceptors (Lipinski definition) is 5. The highest BCUT2D eigenvalue weighted by atomic mass is 32.2. The van der Waals surface area contributed by atoms with Crippen LogP contribution in [0.4, 0.5) is 0 Å². The number of carbonyl (C=O) groups excluding carboxylic acids is 1. The first-order chi connectivity index (χ1) is 11.5. The van der Waals surface area contributed by atoms with Gasteiger partial charge in [0.2, 0.25) is 5.91 Å². The van der Waals surface area contributed by atoms with E-state index in [0.29, 0.717) is 30.0 Å². The van der Waals surface area contributed by atoms with E-state index in [9.17, 15) is 19.8 Å². The highest BCUT2D eigenvalue weighted by Gasteiger charge is 2.57. The van der Waals surface area contributed by atoms with E-state index >= 15 is 0 Å². The maximum atomic E-state index is 12.4. The second kappa shape index (κ2) is 6.96. The molecule has 128 valence electrons. The van der Waals surface area contributed by atoms with Gasteiger partial charge in [-0.3, -0.25) is 4.79 Å². The Morgan fingerprint density at radius 2 is 2.08 bits per heavy atom. The molecule has 2 aliphatic heterocycles. The third kappa shape index (κ3) is 2.94. The number of hydrogen-bond donors (Lipinski definition) is 3. The molecule has 3 atom stereocenters. The van der Waals surface area contributed by atoms with E-state index in [1.54, 1.807) is 0 Å². The van der Waals surface area contributed by atoms with Gasteiger partial charge in [0, 0.05) is 23.6 Å². The number of β-lactam (4-membered cyclic amide) rings is 1. The fourth-order valence-electron chi connectivity index (χ4n) is 3.42. The summed E-state index contributed by atoms with van der Waals surface area (Å²) in [6.07, 6.45) is 0.0548. The summed E-state index contributed by atoms with van der Waals surface area (Å²) in [5, 5.41) is 19.9. The molecule has 4 N–H and O–H groups in total. The molecule has 6 nitrogen and oxygen atoms in total. The number of fused-ring (bicyclic) bond motifs is 1. The van der Waals surface area contributed by atoms with E-state index in [2.05, 4.69) is 0 Å². The summed E-state index contributed by atoms with van der Waals surface area (Å²) in [5.41, 5.74) is 6.51. The van der Waals surface area contributed by atoms with Crippen LogP contribution in [0.15, 0.2) is 40.9 Å². The molecule has 0 saturated carbocycles. The van der Waals surface area contributed by atoms with Crippen LogP contribution in [0.25, 0.3) is 0 Å². The zero-order valence-corrected chi connectivity index (χ0v) is 13.9. The molecule has 0 radical (unpaired) electrons. The third-order valence-electron chi connectivity index (χ3n) is 4.47. The Hall–Kier alpha value is -1.83. The van der Waals surface area contributed by atoms with E-state index in [4.69, 9.17) is 5.73 Å². The standard InChI is InChI=1S/C17H20N2O4S/c18-6-7-24-13-9-11-14(16(21)19(11)15(13)17(22)23)12(20)8-10-4-2-1-3-5-10/h1-5,11-12,14,20H,6-9,18H2,(H,22,23). The van der Waals surface area contributed by atoms with Crippen molar-refractivity contribution in [3.8, 4) is 0 Å². The summed E-state index contributed by atoms with van der Waals surface area (Å²) < 4.78 is 0. The Morgan fingerprint density at radius 1 is 1.38 bits per heavy atom. The molecule has 24 heavy (non-hydrogen) atoms. The van der Waals surface area contributed by atoms with Gasteiger partial charge in [-0.15, -0.1) is 11.8 Å². The van der Waals surface area contributed by atoms with Gasteiger partial charge in [0.1, 0.15) is 5.70 Å². The van der Waals surface area contributed by atoms with Gasteiger partial charge in [-0.2, -0.15) is 0 Å². The summed E-state index contributed by atoms with van der Waals surface area (Å²) in [6, 6.07) is 9.22. The van der Waals surface area contributed by atoms with Crippen molar-refractivity contribution in [2.24, 2.45) is 11.7 Å². The summed E-state index contributed by atoms with van der Waals surface area (Å²) in [7, 11) is 0. The lowest BCUT2D eigenvalue weighted by atomic mass is 9.80. The molecule has 1 aromatic carbocycles. The fourth-order valence-corrected chi connectivity index (χ4v) is 4.39. The van der Waals surface area contributed by atoms with Crippen LogP contribution >= 0.6 is 11.8 Å². The smallest absolute Gasteiger partial charge is 0.353 e. The molecule has 1 saturated heterocycles. The van der Waals surface area contributed by atoms with Crippen LogP contribution in [0.1, 0.15) is 12.0 Å². The van der Waals surface area contributed by atoms with Crippen molar-refractivity contribution in [3.05, 3.63) is 46.5 Å². The van der Waals surface area contributed by atoms with Gasteiger partial charge < -0.3 is 20.8 Å². The predicted molar refractivity (Wildman–Crippen MR) is 91.1 cm³/mol. The zero-order valence-electron chi connectivity index (χ0n) is 13.1. The van der Waals surface area contributed by atoms with Crippen LogP contribution in [-0.4, -0.2) is 51.4 Å². The molecular weight excluding hydrogens is 328 g/mol. The molecular formula is C17H20N2O4S. The second-order valence-corrected chi connectivity index (χ2v) is 7.17.